The van der Waals surface area contributed by atoms with Crippen LogP contribution in [0.5, 0.6) is 0 Å². The van der Waals surface area contributed by atoms with Gasteiger partial charge in [-0.05, 0) is 47.4 Å². The summed E-state index contributed by atoms with van der Waals surface area (Å²) in [7, 11) is -1.13. The van der Waals surface area contributed by atoms with Crippen LogP contribution in [0.1, 0.15) is 12.8 Å². The normalized spacial score (nSPS) is 17.8. The molecule has 1 saturated heterocycles. The minimum Gasteiger partial charge on any atom is -0.465 e. The number of piperidine rings is 1. The lowest BCUT2D eigenvalue weighted by molar-refractivity contribution is 0.0899. The van der Waals surface area contributed by atoms with Crippen LogP contribution in [-0.2, 0) is 11.5 Å². The maximum atomic E-state index is 12.1. The van der Waals surface area contributed by atoms with Crippen molar-refractivity contribution in [2.45, 2.75) is 51.3 Å². The first-order valence-corrected chi connectivity index (χ1v) is 14.2. The molecule has 3 heterocycles. The Hall–Kier alpha value is -1.42. The molecule has 1 aliphatic rings. The third-order valence-electron chi connectivity index (χ3n) is 5.03. The van der Waals surface area contributed by atoms with Crippen LogP contribution in [0.15, 0.2) is 22.9 Å². The van der Waals surface area contributed by atoms with Gasteiger partial charge in [-0.25, -0.2) is 9.78 Å². The largest absolute Gasteiger partial charge is 0.465 e. The molecule has 0 bridgehead atoms. The van der Waals surface area contributed by atoms with E-state index in [-0.39, 0.29) is 6.04 Å². The van der Waals surface area contributed by atoms with Crippen molar-refractivity contribution in [3.05, 3.63) is 22.9 Å². The number of anilines is 1. The SMILES string of the molecule is C[Si](C)(C)CCOCn1ccc2c(N(C(=O)O)[C@@H]3CCCNC3)c(Br)cnc21. The number of hydrogen-bond donors (Lipinski definition) is 2. The van der Waals surface area contributed by atoms with Gasteiger partial charge in [0.2, 0.25) is 0 Å². The second kappa shape index (κ2) is 8.94. The number of carbonyl (C=O) groups is 1. The number of fused-ring (bicyclic) bond motifs is 1. The predicted molar refractivity (Wildman–Crippen MR) is 118 cm³/mol. The molecule has 2 aromatic rings. The van der Waals surface area contributed by atoms with Gasteiger partial charge in [0.1, 0.15) is 12.4 Å². The van der Waals surface area contributed by atoms with Gasteiger partial charge in [-0.3, -0.25) is 4.90 Å². The molecule has 7 nitrogen and oxygen atoms in total. The zero-order valence-corrected chi connectivity index (χ0v) is 19.3. The number of hydrogen-bond acceptors (Lipinski definition) is 4. The Morgan fingerprint density at radius 1 is 1.50 bits per heavy atom. The minimum absolute atomic E-state index is 0.0931. The summed E-state index contributed by atoms with van der Waals surface area (Å²) in [4.78, 5) is 18.1. The number of rotatable bonds is 7. The molecule has 0 aliphatic carbocycles. The van der Waals surface area contributed by atoms with Gasteiger partial charge in [-0.1, -0.05) is 19.6 Å². The molecule has 0 saturated carbocycles. The van der Waals surface area contributed by atoms with E-state index >= 15 is 0 Å². The van der Waals surface area contributed by atoms with Crippen LogP contribution in [0.4, 0.5) is 10.5 Å². The van der Waals surface area contributed by atoms with Crippen LogP contribution in [-0.4, -0.2) is 54.6 Å². The fourth-order valence-electron chi connectivity index (χ4n) is 3.48. The van der Waals surface area contributed by atoms with E-state index in [2.05, 4.69) is 45.9 Å². The van der Waals surface area contributed by atoms with Gasteiger partial charge < -0.3 is 19.7 Å². The van der Waals surface area contributed by atoms with Gasteiger partial charge in [0.05, 0.1) is 16.2 Å². The van der Waals surface area contributed by atoms with Crippen LogP contribution in [0.25, 0.3) is 11.0 Å². The summed E-state index contributed by atoms with van der Waals surface area (Å²) in [5, 5.41) is 14.1. The first-order valence-electron chi connectivity index (χ1n) is 9.72. The topological polar surface area (TPSA) is 79.6 Å². The molecule has 0 spiro atoms. The summed E-state index contributed by atoms with van der Waals surface area (Å²) in [6, 6.07) is 2.94. The monoisotopic (exact) mass is 468 g/mol. The zero-order valence-electron chi connectivity index (χ0n) is 16.7. The van der Waals surface area contributed by atoms with E-state index in [0.29, 0.717) is 23.4 Å². The highest BCUT2D eigenvalue weighted by Crippen LogP contribution is 2.36. The van der Waals surface area contributed by atoms with Gasteiger partial charge in [-0.15, -0.1) is 0 Å². The number of aromatic nitrogens is 2. The van der Waals surface area contributed by atoms with Crippen LogP contribution < -0.4 is 10.2 Å². The van der Waals surface area contributed by atoms with E-state index in [4.69, 9.17) is 4.74 Å². The van der Waals surface area contributed by atoms with E-state index in [1.165, 1.54) is 4.90 Å². The summed E-state index contributed by atoms with van der Waals surface area (Å²) in [6.45, 7) is 9.72. The third kappa shape index (κ3) is 4.94. The standard InChI is InChI=1S/C19H29BrN4O3Si/c1-28(2,3)10-9-27-13-23-8-6-15-17(16(20)12-22-18(15)23)24(19(25)26)14-5-4-7-21-11-14/h6,8,12,14,21H,4-5,7,9-11,13H2,1-3H3,(H,25,26)/t14-/m1/s1. The Morgan fingerprint density at radius 2 is 2.29 bits per heavy atom. The number of ether oxygens (including phenoxy) is 1. The Bertz CT molecular complexity index is 830. The Labute approximate surface area is 175 Å². The van der Waals surface area contributed by atoms with Crippen LogP contribution in [0.3, 0.4) is 0 Å². The van der Waals surface area contributed by atoms with Gasteiger partial charge >= 0.3 is 6.09 Å². The van der Waals surface area contributed by atoms with Crippen molar-refractivity contribution in [1.29, 1.82) is 0 Å². The molecular formula is C19H29BrN4O3Si. The molecule has 2 aromatic heterocycles. The lowest BCUT2D eigenvalue weighted by Gasteiger charge is -2.33. The number of nitrogens with one attached hydrogen (secondary N) is 1. The molecular weight excluding hydrogens is 440 g/mol. The lowest BCUT2D eigenvalue weighted by Crippen LogP contribution is -2.48. The van der Waals surface area contributed by atoms with Crippen LogP contribution >= 0.6 is 15.9 Å². The quantitative estimate of drug-likeness (QED) is 0.466. The molecule has 1 fully saturated rings. The highest BCUT2D eigenvalue weighted by molar-refractivity contribution is 9.10. The van der Waals surface area contributed by atoms with Crippen molar-refractivity contribution >= 4 is 46.8 Å². The number of pyridine rings is 1. The van der Waals surface area contributed by atoms with Crippen molar-refractivity contribution in [2.24, 2.45) is 0 Å². The second-order valence-electron chi connectivity index (χ2n) is 8.48. The molecule has 154 valence electrons. The molecule has 1 aliphatic heterocycles. The summed E-state index contributed by atoms with van der Waals surface area (Å²) in [6.07, 6.45) is 4.47. The highest BCUT2D eigenvalue weighted by atomic mass is 79.9. The molecule has 0 unspecified atom stereocenters. The van der Waals surface area contributed by atoms with E-state index in [1.807, 2.05) is 16.8 Å². The molecule has 1 atom stereocenters. The highest BCUT2D eigenvalue weighted by Gasteiger charge is 2.30. The third-order valence-corrected chi connectivity index (χ3v) is 7.31. The first kappa shape index (κ1) is 21.3. The zero-order chi connectivity index (χ0) is 20.3. The summed E-state index contributed by atoms with van der Waals surface area (Å²) < 4.78 is 8.49. The Balaban J connectivity index is 1.87. The van der Waals surface area contributed by atoms with E-state index in [1.54, 1.807) is 6.20 Å². The molecule has 28 heavy (non-hydrogen) atoms. The Kier molecular flexibility index (Phi) is 6.80. The molecule has 9 heteroatoms. The molecule has 1 amide bonds. The van der Waals surface area contributed by atoms with E-state index in [9.17, 15) is 9.90 Å². The smallest absolute Gasteiger partial charge is 0.412 e. The number of nitrogens with zero attached hydrogens (tertiary/aromatic N) is 3. The van der Waals surface area contributed by atoms with Crippen LogP contribution in [0.2, 0.25) is 25.7 Å². The average molecular weight is 469 g/mol. The van der Waals surface area contributed by atoms with Gasteiger partial charge in [-0.2, -0.15) is 0 Å². The van der Waals surface area contributed by atoms with E-state index < -0.39 is 14.2 Å². The van der Waals surface area contributed by atoms with Crippen molar-refractivity contribution in [3.8, 4) is 0 Å². The van der Waals surface area contributed by atoms with Crippen molar-refractivity contribution < 1.29 is 14.6 Å². The van der Waals surface area contributed by atoms with Crippen molar-refractivity contribution in [1.82, 2.24) is 14.9 Å². The number of halogens is 1. The van der Waals surface area contributed by atoms with Gasteiger partial charge in [0, 0.05) is 39.0 Å². The summed E-state index contributed by atoms with van der Waals surface area (Å²) >= 11 is 3.52. The maximum absolute atomic E-state index is 12.1. The fraction of sp³-hybridized carbons (Fsp3) is 0.579. The molecule has 0 aromatic carbocycles. The predicted octanol–water partition coefficient (Wildman–Crippen LogP) is 4.35. The number of carboxylic acid groups (broad SMARTS) is 1. The van der Waals surface area contributed by atoms with Crippen LogP contribution in [0, 0.1) is 0 Å². The minimum atomic E-state index is -1.13. The number of amides is 1. The van der Waals surface area contributed by atoms with Gasteiger partial charge in [0.25, 0.3) is 0 Å². The maximum Gasteiger partial charge on any atom is 0.412 e. The summed E-state index contributed by atoms with van der Waals surface area (Å²) in [5.74, 6) is 0. The van der Waals surface area contributed by atoms with Crippen molar-refractivity contribution in [3.63, 3.8) is 0 Å². The second-order valence-corrected chi connectivity index (χ2v) is 15.0. The molecule has 3 rings (SSSR count). The average Bonchev–Trinajstić information content (AvgIpc) is 3.04. The molecule has 2 N–H and O–H groups in total. The Morgan fingerprint density at radius 3 is 2.93 bits per heavy atom. The first-order chi connectivity index (χ1) is 13.3. The summed E-state index contributed by atoms with van der Waals surface area (Å²) in [5.41, 5.74) is 1.40. The van der Waals surface area contributed by atoms with Gasteiger partial charge in [0.15, 0.2) is 0 Å². The lowest BCUT2D eigenvalue weighted by atomic mass is 10.1. The van der Waals surface area contributed by atoms with Crippen molar-refractivity contribution in [2.75, 3.05) is 24.6 Å². The molecule has 0 radical (unpaired) electrons. The fourth-order valence-corrected chi connectivity index (χ4v) is 4.74. The van der Waals surface area contributed by atoms with E-state index in [0.717, 1.165) is 43.1 Å².